The minimum atomic E-state index is -0.361. The summed E-state index contributed by atoms with van der Waals surface area (Å²) in [6.07, 6.45) is 6.28. The third-order valence-electron chi connectivity index (χ3n) is 5.86. The van der Waals surface area contributed by atoms with Gasteiger partial charge in [0.15, 0.2) is 0 Å². The maximum absolute atomic E-state index is 11.5. The molecule has 2 fully saturated rings. The Morgan fingerprint density at radius 3 is 2.00 bits per heavy atom. The van der Waals surface area contributed by atoms with Gasteiger partial charge in [0.2, 0.25) is 11.8 Å². The zero-order valence-corrected chi connectivity index (χ0v) is 18.8. The van der Waals surface area contributed by atoms with Crippen molar-refractivity contribution in [1.82, 2.24) is 21.3 Å². The lowest BCUT2D eigenvalue weighted by atomic mass is 10.0. The van der Waals surface area contributed by atoms with Crippen molar-refractivity contribution in [2.75, 3.05) is 26.2 Å². The molecule has 0 aliphatic carbocycles. The predicted molar refractivity (Wildman–Crippen MR) is 128 cm³/mol. The fourth-order valence-corrected chi connectivity index (χ4v) is 4.07. The number of nitrogens with one attached hydrogen (secondary N) is 4. The highest BCUT2D eigenvalue weighted by Crippen LogP contribution is 2.08. The molecule has 2 aliphatic heterocycles. The third kappa shape index (κ3) is 8.81. The molecule has 2 aromatic carbocycles. The van der Waals surface area contributed by atoms with Crippen molar-refractivity contribution in [2.45, 2.75) is 50.6 Å². The van der Waals surface area contributed by atoms with Gasteiger partial charge in [-0.2, -0.15) is 0 Å². The van der Waals surface area contributed by atoms with E-state index in [4.69, 9.17) is 0 Å². The first-order valence-corrected chi connectivity index (χ1v) is 11.8. The van der Waals surface area contributed by atoms with E-state index in [-0.39, 0.29) is 24.4 Å². The predicted octanol–water partition coefficient (Wildman–Crippen LogP) is 2.19. The van der Waals surface area contributed by atoms with Gasteiger partial charge in [0.1, 0.15) is 6.04 Å². The van der Waals surface area contributed by atoms with Crippen LogP contribution in [-0.4, -0.2) is 50.1 Å². The Labute approximate surface area is 191 Å². The topological polar surface area (TPSA) is 82.3 Å². The van der Waals surface area contributed by atoms with Crippen LogP contribution in [0.1, 0.15) is 36.8 Å². The number of rotatable bonds is 8. The first-order chi connectivity index (χ1) is 15.7. The van der Waals surface area contributed by atoms with Crippen LogP contribution in [0, 0.1) is 0 Å². The Balaban J connectivity index is 0.000000182. The molecule has 0 aromatic heterocycles. The van der Waals surface area contributed by atoms with Gasteiger partial charge in [0, 0.05) is 25.7 Å². The third-order valence-corrected chi connectivity index (χ3v) is 5.86. The normalized spacial score (nSPS) is 20.5. The van der Waals surface area contributed by atoms with Crippen molar-refractivity contribution in [3.05, 3.63) is 71.8 Å². The van der Waals surface area contributed by atoms with E-state index in [0.29, 0.717) is 12.5 Å². The Hall–Kier alpha value is -2.70. The van der Waals surface area contributed by atoms with E-state index in [1.807, 2.05) is 18.2 Å². The van der Waals surface area contributed by atoms with Gasteiger partial charge in [0.25, 0.3) is 0 Å². The molecule has 2 aromatic rings. The van der Waals surface area contributed by atoms with Crippen molar-refractivity contribution < 1.29 is 9.59 Å². The number of carbonyl (C=O) groups is 2. The van der Waals surface area contributed by atoms with Crippen molar-refractivity contribution in [2.24, 2.45) is 0 Å². The summed E-state index contributed by atoms with van der Waals surface area (Å²) in [7, 11) is 0. The lowest BCUT2D eigenvalue weighted by molar-refractivity contribution is -0.133. The second-order valence-corrected chi connectivity index (χ2v) is 8.45. The van der Waals surface area contributed by atoms with E-state index in [0.717, 1.165) is 32.5 Å². The average Bonchev–Trinajstić information content (AvgIpc) is 2.84. The molecule has 4 N–H and O–H groups in total. The monoisotopic (exact) mass is 436 g/mol. The maximum Gasteiger partial charge on any atom is 0.243 e. The van der Waals surface area contributed by atoms with Crippen LogP contribution in [0.3, 0.4) is 0 Å². The summed E-state index contributed by atoms with van der Waals surface area (Å²) in [6, 6.07) is 21.2. The average molecular weight is 437 g/mol. The fraction of sp³-hybridized carbons (Fsp3) is 0.462. The highest BCUT2D eigenvalue weighted by Gasteiger charge is 2.24. The smallest absolute Gasteiger partial charge is 0.243 e. The molecule has 2 unspecified atom stereocenters. The molecule has 0 spiro atoms. The van der Waals surface area contributed by atoms with Crippen molar-refractivity contribution in [3.8, 4) is 0 Å². The molecular formula is C26H36N4O2. The first-order valence-electron chi connectivity index (χ1n) is 11.8. The van der Waals surface area contributed by atoms with Gasteiger partial charge in [-0.3, -0.25) is 9.59 Å². The second-order valence-electron chi connectivity index (χ2n) is 8.45. The lowest BCUT2D eigenvalue weighted by Crippen LogP contribution is -2.56. The summed E-state index contributed by atoms with van der Waals surface area (Å²) < 4.78 is 0. The number of carbonyl (C=O) groups excluding carboxylic acids is 2. The van der Waals surface area contributed by atoms with Gasteiger partial charge < -0.3 is 21.3 Å². The molecule has 0 bridgehead atoms. The maximum atomic E-state index is 11.5. The molecular weight excluding hydrogens is 400 g/mol. The Bertz CT molecular complexity index is 807. The lowest BCUT2D eigenvalue weighted by Gasteiger charge is -2.24. The van der Waals surface area contributed by atoms with E-state index in [2.05, 4.69) is 63.7 Å². The highest BCUT2D eigenvalue weighted by atomic mass is 16.2. The molecule has 2 amide bonds. The van der Waals surface area contributed by atoms with Crippen LogP contribution in [0.25, 0.3) is 0 Å². The van der Waals surface area contributed by atoms with Gasteiger partial charge in [0.05, 0.1) is 6.54 Å². The molecule has 172 valence electrons. The van der Waals surface area contributed by atoms with Crippen LogP contribution in [-0.2, 0) is 22.4 Å². The SMILES string of the molecule is O=C1CNC(=O)C(CCCc2ccccc2)N1.c1ccc(CCCC2CNCCN2)cc1. The molecule has 2 heterocycles. The Morgan fingerprint density at radius 1 is 0.781 bits per heavy atom. The van der Waals surface area contributed by atoms with E-state index in [9.17, 15) is 9.59 Å². The number of hydrogen-bond donors (Lipinski definition) is 4. The van der Waals surface area contributed by atoms with E-state index >= 15 is 0 Å². The molecule has 2 saturated heterocycles. The van der Waals surface area contributed by atoms with E-state index in [1.165, 1.54) is 30.4 Å². The number of amides is 2. The van der Waals surface area contributed by atoms with Crippen LogP contribution in [0.15, 0.2) is 60.7 Å². The molecule has 2 atom stereocenters. The van der Waals surface area contributed by atoms with Crippen LogP contribution < -0.4 is 21.3 Å². The molecule has 4 rings (SSSR count). The van der Waals surface area contributed by atoms with Crippen molar-refractivity contribution >= 4 is 11.8 Å². The van der Waals surface area contributed by atoms with Crippen LogP contribution in [0.2, 0.25) is 0 Å². The molecule has 6 nitrogen and oxygen atoms in total. The molecule has 0 radical (unpaired) electrons. The standard InChI is InChI=1S/C13H16N2O2.C13H20N2/c16-12-9-14-13(17)11(15-12)8-4-7-10-5-2-1-3-6-10;1-2-5-12(6-3-1)7-4-8-13-11-14-9-10-15-13/h1-3,5-6,11H,4,7-9H2,(H,14,17)(H,15,16);1-3,5-6,13-15H,4,7-11H2. The number of benzene rings is 2. The summed E-state index contributed by atoms with van der Waals surface area (Å²) in [5, 5.41) is 12.2. The van der Waals surface area contributed by atoms with Crippen LogP contribution in [0.5, 0.6) is 0 Å². The minimum absolute atomic E-state index is 0.0716. The van der Waals surface area contributed by atoms with Crippen LogP contribution >= 0.6 is 0 Å². The first kappa shape index (κ1) is 24.0. The van der Waals surface area contributed by atoms with Gasteiger partial charge in [-0.25, -0.2) is 0 Å². The summed E-state index contributed by atoms with van der Waals surface area (Å²) in [5.41, 5.74) is 2.72. The Morgan fingerprint density at radius 2 is 1.41 bits per heavy atom. The number of hydrogen-bond acceptors (Lipinski definition) is 4. The molecule has 2 aliphatic rings. The van der Waals surface area contributed by atoms with Gasteiger partial charge in [-0.05, 0) is 49.7 Å². The summed E-state index contributed by atoms with van der Waals surface area (Å²) in [5.74, 6) is -0.174. The largest absolute Gasteiger partial charge is 0.345 e. The fourth-order valence-electron chi connectivity index (χ4n) is 4.07. The minimum Gasteiger partial charge on any atom is -0.345 e. The van der Waals surface area contributed by atoms with Gasteiger partial charge in [-0.15, -0.1) is 0 Å². The van der Waals surface area contributed by atoms with Crippen LogP contribution in [0.4, 0.5) is 0 Å². The zero-order valence-electron chi connectivity index (χ0n) is 18.8. The molecule has 0 saturated carbocycles. The zero-order chi connectivity index (χ0) is 22.4. The van der Waals surface area contributed by atoms with E-state index in [1.54, 1.807) is 0 Å². The van der Waals surface area contributed by atoms with E-state index < -0.39 is 0 Å². The quantitative estimate of drug-likeness (QED) is 0.511. The van der Waals surface area contributed by atoms with Gasteiger partial charge >= 0.3 is 0 Å². The Kier molecular flexibility index (Phi) is 10.2. The number of aryl methyl sites for hydroxylation is 2. The summed E-state index contributed by atoms with van der Waals surface area (Å²) in [4.78, 5) is 22.6. The number of piperazine rings is 2. The second kappa shape index (κ2) is 13.7. The van der Waals surface area contributed by atoms with Gasteiger partial charge in [-0.1, -0.05) is 60.7 Å². The molecule has 32 heavy (non-hydrogen) atoms. The summed E-state index contributed by atoms with van der Waals surface area (Å²) >= 11 is 0. The highest BCUT2D eigenvalue weighted by molar-refractivity contribution is 5.94. The van der Waals surface area contributed by atoms with Crippen molar-refractivity contribution in [1.29, 1.82) is 0 Å². The van der Waals surface area contributed by atoms with Crippen molar-refractivity contribution in [3.63, 3.8) is 0 Å². The molecule has 6 heteroatoms. The summed E-state index contributed by atoms with van der Waals surface area (Å²) in [6.45, 7) is 3.48.